The molecule has 0 unspecified atom stereocenters. The van der Waals surface area contributed by atoms with E-state index >= 15 is 0 Å². The molecular weight excluding hydrogens is 352 g/mol. The molecule has 0 aliphatic rings. The minimum atomic E-state index is -0.254. The first-order chi connectivity index (χ1) is 8.20. The molecule has 1 heterocycles. The molecule has 0 bridgehead atoms. The Hall–Kier alpha value is -0.690. The van der Waals surface area contributed by atoms with Gasteiger partial charge in [0.1, 0.15) is 18.2 Å². The fourth-order valence-electron chi connectivity index (χ4n) is 1.32. The van der Waals surface area contributed by atoms with Gasteiger partial charge in [0.15, 0.2) is 0 Å². The molecule has 0 radical (unpaired) electrons. The van der Waals surface area contributed by atoms with Crippen molar-refractivity contribution in [1.29, 1.82) is 0 Å². The predicted molar refractivity (Wildman–Crippen MR) is 74.9 cm³/mol. The zero-order chi connectivity index (χ0) is 12.3. The number of aryl methyl sites for hydroxylation is 1. The predicted octanol–water partition coefficient (Wildman–Crippen LogP) is 4.03. The highest BCUT2D eigenvalue weighted by atomic mass is 127. The van der Waals surface area contributed by atoms with E-state index in [1.54, 1.807) is 23.5 Å². The van der Waals surface area contributed by atoms with Crippen LogP contribution in [-0.2, 0) is 13.0 Å². The van der Waals surface area contributed by atoms with E-state index in [2.05, 4.69) is 11.9 Å². The Morgan fingerprint density at radius 1 is 1.47 bits per heavy atom. The Kier molecular flexibility index (Phi) is 4.33. The summed E-state index contributed by atoms with van der Waals surface area (Å²) in [5.41, 5.74) is 0.895. The summed E-state index contributed by atoms with van der Waals surface area (Å²) < 4.78 is 19.3. The third-order valence-electron chi connectivity index (χ3n) is 2.19. The van der Waals surface area contributed by atoms with Gasteiger partial charge in [0.2, 0.25) is 0 Å². The third-order valence-corrected chi connectivity index (χ3v) is 4.28. The van der Waals surface area contributed by atoms with Crippen molar-refractivity contribution in [2.45, 2.75) is 20.0 Å². The Morgan fingerprint density at radius 3 is 3.00 bits per heavy atom. The summed E-state index contributed by atoms with van der Waals surface area (Å²) in [4.78, 5) is 4.39. The lowest BCUT2D eigenvalue weighted by molar-refractivity contribution is 0.297. The van der Waals surface area contributed by atoms with Crippen LogP contribution in [0.3, 0.4) is 0 Å². The number of hydrogen-bond donors (Lipinski definition) is 0. The van der Waals surface area contributed by atoms with Gasteiger partial charge in [-0.15, -0.1) is 11.3 Å². The first kappa shape index (κ1) is 12.8. The van der Waals surface area contributed by atoms with Crippen molar-refractivity contribution in [2.75, 3.05) is 0 Å². The van der Waals surface area contributed by atoms with Crippen molar-refractivity contribution >= 4 is 33.9 Å². The molecule has 90 valence electrons. The molecule has 2 aromatic rings. The van der Waals surface area contributed by atoms with Crippen LogP contribution in [0.15, 0.2) is 23.6 Å². The van der Waals surface area contributed by atoms with Crippen LogP contribution in [0.1, 0.15) is 17.6 Å². The maximum Gasteiger partial charge on any atom is 0.140 e. The summed E-state index contributed by atoms with van der Waals surface area (Å²) in [7, 11) is 0. The van der Waals surface area contributed by atoms with Crippen molar-refractivity contribution in [1.82, 2.24) is 4.98 Å². The lowest BCUT2D eigenvalue weighted by atomic mass is 10.3. The molecule has 0 saturated heterocycles. The van der Waals surface area contributed by atoms with Crippen LogP contribution < -0.4 is 4.74 Å². The molecule has 0 amide bonds. The number of aromatic nitrogens is 1. The molecular formula is C12H11FINOS. The molecule has 0 spiro atoms. The molecule has 0 saturated carbocycles. The highest BCUT2D eigenvalue weighted by Crippen LogP contribution is 2.24. The summed E-state index contributed by atoms with van der Waals surface area (Å²) in [5, 5.41) is 3.07. The van der Waals surface area contributed by atoms with Crippen molar-refractivity contribution in [2.24, 2.45) is 0 Å². The van der Waals surface area contributed by atoms with Gasteiger partial charge in [-0.2, -0.15) is 0 Å². The molecule has 1 aromatic carbocycles. The maximum absolute atomic E-state index is 13.3. The van der Waals surface area contributed by atoms with Gasteiger partial charge in [0, 0.05) is 5.38 Å². The van der Waals surface area contributed by atoms with Crippen LogP contribution in [0.4, 0.5) is 4.39 Å². The summed E-state index contributed by atoms with van der Waals surface area (Å²) in [6.07, 6.45) is 0.933. The van der Waals surface area contributed by atoms with Crippen LogP contribution >= 0.6 is 33.9 Å². The number of hydrogen-bond acceptors (Lipinski definition) is 3. The van der Waals surface area contributed by atoms with Crippen molar-refractivity contribution in [3.63, 3.8) is 0 Å². The standard InChI is InChI=1S/C12H11FINOS/c1-2-11-15-8(7-17-11)6-16-10-5-3-4-9(13)12(10)14/h3-5,7H,2,6H2,1H3. The Labute approximate surface area is 117 Å². The molecule has 0 aliphatic heterocycles. The highest BCUT2D eigenvalue weighted by molar-refractivity contribution is 14.1. The van der Waals surface area contributed by atoms with Gasteiger partial charge in [-0.1, -0.05) is 13.0 Å². The molecule has 2 rings (SSSR count). The Morgan fingerprint density at radius 2 is 2.29 bits per heavy atom. The molecule has 0 atom stereocenters. The zero-order valence-corrected chi connectivity index (χ0v) is 12.2. The van der Waals surface area contributed by atoms with E-state index in [9.17, 15) is 4.39 Å². The lowest BCUT2D eigenvalue weighted by Crippen LogP contribution is -1.98. The SMILES string of the molecule is CCc1nc(COc2cccc(F)c2I)cs1. The molecule has 1 aromatic heterocycles. The highest BCUT2D eigenvalue weighted by Gasteiger charge is 2.07. The van der Waals surface area contributed by atoms with E-state index in [1.807, 2.05) is 28.0 Å². The molecule has 0 N–H and O–H groups in total. The van der Waals surface area contributed by atoms with Crippen LogP contribution in [-0.4, -0.2) is 4.98 Å². The average Bonchev–Trinajstić information content (AvgIpc) is 2.79. The van der Waals surface area contributed by atoms with E-state index in [0.717, 1.165) is 17.1 Å². The van der Waals surface area contributed by atoms with Gasteiger partial charge in [-0.25, -0.2) is 9.37 Å². The van der Waals surface area contributed by atoms with Gasteiger partial charge in [-0.3, -0.25) is 0 Å². The van der Waals surface area contributed by atoms with Gasteiger partial charge in [-0.05, 0) is 41.1 Å². The van der Waals surface area contributed by atoms with Crippen molar-refractivity contribution < 1.29 is 9.13 Å². The van der Waals surface area contributed by atoms with Crippen LogP contribution in [0.5, 0.6) is 5.75 Å². The number of rotatable bonds is 4. The monoisotopic (exact) mass is 363 g/mol. The average molecular weight is 363 g/mol. The smallest absolute Gasteiger partial charge is 0.140 e. The molecule has 0 aliphatic carbocycles. The number of ether oxygens (including phenoxy) is 1. The fourth-order valence-corrected chi connectivity index (χ4v) is 2.57. The molecule has 17 heavy (non-hydrogen) atoms. The van der Waals surface area contributed by atoms with Gasteiger partial charge < -0.3 is 4.74 Å². The summed E-state index contributed by atoms with van der Waals surface area (Å²) in [5.74, 6) is 0.312. The lowest BCUT2D eigenvalue weighted by Gasteiger charge is -2.06. The van der Waals surface area contributed by atoms with Gasteiger partial charge in [0.05, 0.1) is 14.3 Å². The van der Waals surface area contributed by atoms with Crippen molar-refractivity contribution in [3.8, 4) is 5.75 Å². The molecule has 2 nitrogen and oxygen atoms in total. The normalized spacial score (nSPS) is 10.5. The quantitative estimate of drug-likeness (QED) is 0.766. The number of thiazole rings is 1. The summed E-state index contributed by atoms with van der Waals surface area (Å²) in [6, 6.07) is 4.83. The second-order valence-corrected chi connectivity index (χ2v) is 5.45. The van der Waals surface area contributed by atoms with Gasteiger partial charge >= 0.3 is 0 Å². The maximum atomic E-state index is 13.3. The first-order valence-electron chi connectivity index (χ1n) is 5.20. The molecule has 5 heteroatoms. The number of nitrogens with zero attached hydrogens (tertiary/aromatic N) is 1. The van der Waals surface area contributed by atoms with Gasteiger partial charge in [0.25, 0.3) is 0 Å². The summed E-state index contributed by atoms with van der Waals surface area (Å²) >= 11 is 3.57. The zero-order valence-electron chi connectivity index (χ0n) is 9.24. The fraction of sp³-hybridized carbons (Fsp3) is 0.250. The van der Waals surface area contributed by atoms with E-state index in [0.29, 0.717) is 15.9 Å². The minimum Gasteiger partial charge on any atom is -0.486 e. The Bertz CT molecular complexity index is 515. The number of benzene rings is 1. The van der Waals surface area contributed by atoms with Crippen LogP contribution in [0.2, 0.25) is 0 Å². The van der Waals surface area contributed by atoms with E-state index in [1.165, 1.54) is 6.07 Å². The summed E-state index contributed by atoms with van der Waals surface area (Å²) in [6.45, 7) is 2.45. The number of halogens is 2. The second-order valence-electron chi connectivity index (χ2n) is 3.43. The van der Waals surface area contributed by atoms with E-state index < -0.39 is 0 Å². The first-order valence-corrected chi connectivity index (χ1v) is 7.16. The minimum absolute atomic E-state index is 0.254. The third kappa shape index (κ3) is 3.16. The van der Waals surface area contributed by atoms with E-state index in [-0.39, 0.29) is 5.82 Å². The van der Waals surface area contributed by atoms with Crippen molar-refractivity contribution in [3.05, 3.63) is 43.7 Å². The largest absolute Gasteiger partial charge is 0.486 e. The Balaban J connectivity index is 2.04. The van der Waals surface area contributed by atoms with Crippen LogP contribution in [0, 0.1) is 9.39 Å². The van der Waals surface area contributed by atoms with Crippen LogP contribution in [0.25, 0.3) is 0 Å². The molecule has 0 fully saturated rings. The second kappa shape index (κ2) is 5.77. The topological polar surface area (TPSA) is 22.1 Å². The van der Waals surface area contributed by atoms with E-state index in [4.69, 9.17) is 4.74 Å².